The largest absolute Gasteiger partial charge is 0.347 e. The summed E-state index contributed by atoms with van der Waals surface area (Å²) in [7, 11) is 1.72. The smallest absolute Gasteiger partial charge is 0.265 e. The average molecular weight is 330 g/mol. The highest BCUT2D eigenvalue weighted by atomic mass is 32.2. The van der Waals surface area contributed by atoms with Gasteiger partial charge in [0.1, 0.15) is 4.32 Å². The summed E-state index contributed by atoms with van der Waals surface area (Å²) in [5.74, 6) is 0.549. The zero-order valence-electron chi connectivity index (χ0n) is 12.9. The second-order valence-corrected chi connectivity index (χ2v) is 7.56. The van der Waals surface area contributed by atoms with Gasteiger partial charge in [-0.1, -0.05) is 56.0 Å². The van der Waals surface area contributed by atoms with Crippen LogP contribution in [-0.2, 0) is 11.3 Å². The molecule has 2 heterocycles. The molecule has 0 N–H and O–H groups in total. The van der Waals surface area contributed by atoms with Crippen LogP contribution >= 0.6 is 24.0 Å². The minimum Gasteiger partial charge on any atom is -0.347 e. The van der Waals surface area contributed by atoms with Gasteiger partial charge in [-0.3, -0.25) is 9.69 Å². The number of nitrogens with zero attached hydrogens (tertiary/aromatic N) is 2. The number of fused-ring (bicyclic) bond motifs is 1. The highest BCUT2D eigenvalue weighted by Crippen LogP contribution is 2.33. The van der Waals surface area contributed by atoms with Crippen LogP contribution in [0.1, 0.15) is 19.4 Å². The van der Waals surface area contributed by atoms with Crippen LogP contribution in [0.25, 0.3) is 17.0 Å². The van der Waals surface area contributed by atoms with Crippen molar-refractivity contribution in [2.75, 3.05) is 7.05 Å². The number of carbonyl (C=O) groups excluding carboxylic acids is 1. The number of para-hydroxylation sites is 1. The van der Waals surface area contributed by atoms with Crippen LogP contribution in [0.5, 0.6) is 0 Å². The second-order valence-electron chi connectivity index (χ2n) is 5.89. The van der Waals surface area contributed by atoms with Crippen molar-refractivity contribution in [1.82, 2.24) is 9.47 Å². The summed E-state index contributed by atoms with van der Waals surface area (Å²) in [5, 5.41) is 1.17. The maximum absolute atomic E-state index is 12.2. The summed E-state index contributed by atoms with van der Waals surface area (Å²) in [5.41, 5.74) is 2.28. The Hall–Kier alpha value is -1.59. The Bertz CT molecular complexity index is 789. The SMILES string of the molecule is CC(C)Cn1cc(/C=C2\SC(=S)N(C)C2=O)c2ccccc21. The van der Waals surface area contributed by atoms with Gasteiger partial charge in [0.2, 0.25) is 0 Å². The number of thioether (sulfide) groups is 1. The van der Waals surface area contributed by atoms with E-state index in [0.717, 1.165) is 12.1 Å². The lowest BCUT2D eigenvalue weighted by Gasteiger charge is -2.07. The zero-order valence-corrected chi connectivity index (χ0v) is 14.5. The third kappa shape index (κ3) is 2.71. The van der Waals surface area contributed by atoms with E-state index in [2.05, 4.69) is 42.8 Å². The molecule has 3 nitrogen and oxygen atoms in total. The Morgan fingerprint density at radius 1 is 1.32 bits per heavy atom. The molecule has 1 aliphatic heterocycles. The molecule has 0 aliphatic carbocycles. The number of thiocarbonyl (C=S) groups is 1. The van der Waals surface area contributed by atoms with Crippen LogP contribution < -0.4 is 0 Å². The molecule has 0 bridgehead atoms. The van der Waals surface area contributed by atoms with Crippen LogP contribution in [0.4, 0.5) is 0 Å². The molecule has 1 amide bonds. The lowest BCUT2D eigenvalue weighted by atomic mass is 10.1. The lowest BCUT2D eigenvalue weighted by molar-refractivity contribution is -0.121. The van der Waals surface area contributed by atoms with Gasteiger partial charge in [0.15, 0.2) is 0 Å². The molecule has 0 atom stereocenters. The molecule has 1 aromatic heterocycles. The van der Waals surface area contributed by atoms with Crippen molar-refractivity contribution in [3.8, 4) is 0 Å². The van der Waals surface area contributed by atoms with E-state index in [0.29, 0.717) is 15.1 Å². The van der Waals surface area contributed by atoms with Gasteiger partial charge in [-0.05, 0) is 18.1 Å². The van der Waals surface area contributed by atoms with Crippen molar-refractivity contribution in [2.24, 2.45) is 5.92 Å². The van der Waals surface area contributed by atoms with E-state index in [1.807, 2.05) is 12.1 Å². The molecule has 0 spiro atoms. The molecular weight excluding hydrogens is 312 g/mol. The Labute approximate surface area is 140 Å². The fraction of sp³-hybridized carbons (Fsp3) is 0.294. The normalized spacial score (nSPS) is 17.5. The first-order valence-electron chi connectivity index (χ1n) is 7.27. The number of carbonyl (C=O) groups is 1. The topological polar surface area (TPSA) is 25.2 Å². The number of likely N-dealkylation sites (N-methyl/N-ethyl adjacent to an activating group) is 1. The molecule has 1 fully saturated rings. The van der Waals surface area contributed by atoms with Gasteiger partial charge in [-0.2, -0.15) is 0 Å². The number of amides is 1. The Balaban J connectivity index is 2.08. The van der Waals surface area contributed by atoms with Crippen LogP contribution in [-0.4, -0.2) is 26.7 Å². The monoisotopic (exact) mass is 330 g/mol. The second kappa shape index (κ2) is 5.89. The first kappa shape index (κ1) is 15.3. The third-order valence-corrected chi connectivity index (χ3v) is 5.14. The fourth-order valence-electron chi connectivity index (χ4n) is 2.62. The number of hydrogen-bond acceptors (Lipinski definition) is 3. The van der Waals surface area contributed by atoms with E-state index in [4.69, 9.17) is 12.2 Å². The highest BCUT2D eigenvalue weighted by molar-refractivity contribution is 8.26. The molecule has 1 aliphatic rings. The minimum absolute atomic E-state index is 0.0179. The average Bonchev–Trinajstić information content (AvgIpc) is 2.93. The fourth-order valence-corrected chi connectivity index (χ4v) is 3.79. The molecule has 0 unspecified atom stereocenters. The summed E-state index contributed by atoms with van der Waals surface area (Å²) in [6.45, 7) is 5.37. The van der Waals surface area contributed by atoms with Gasteiger partial charge >= 0.3 is 0 Å². The molecule has 3 rings (SSSR count). The summed E-state index contributed by atoms with van der Waals surface area (Å²) >= 11 is 6.56. The van der Waals surface area contributed by atoms with Crippen molar-refractivity contribution in [2.45, 2.75) is 20.4 Å². The van der Waals surface area contributed by atoms with E-state index in [1.54, 1.807) is 7.05 Å². The Morgan fingerprint density at radius 2 is 2.05 bits per heavy atom. The van der Waals surface area contributed by atoms with Crippen LogP contribution in [0.2, 0.25) is 0 Å². The van der Waals surface area contributed by atoms with Crippen LogP contribution in [0.3, 0.4) is 0 Å². The quantitative estimate of drug-likeness (QED) is 0.625. The summed E-state index contributed by atoms with van der Waals surface area (Å²) in [6, 6.07) is 8.31. The molecular formula is C17H18N2OS2. The van der Waals surface area contributed by atoms with E-state index < -0.39 is 0 Å². The van der Waals surface area contributed by atoms with Crippen molar-refractivity contribution < 1.29 is 4.79 Å². The maximum Gasteiger partial charge on any atom is 0.265 e. The minimum atomic E-state index is -0.0179. The molecule has 1 aromatic carbocycles. The van der Waals surface area contributed by atoms with Gasteiger partial charge in [0.05, 0.1) is 4.91 Å². The van der Waals surface area contributed by atoms with Crippen molar-refractivity contribution in [3.63, 3.8) is 0 Å². The van der Waals surface area contributed by atoms with Gasteiger partial charge < -0.3 is 4.57 Å². The molecule has 0 saturated carbocycles. The molecule has 1 saturated heterocycles. The van der Waals surface area contributed by atoms with Gasteiger partial charge in [-0.25, -0.2) is 0 Å². The summed E-state index contributed by atoms with van der Waals surface area (Å²) < 4.78 is 2.88. The van der Waals surface area contributed by atoms with Crippen molar-refractivity contribution >= 4 is 51.2 Å². The van der Waals surface area contributed by atoms with E-state index >= 15 is 0 Å². The molecule has 0 radical (unpaired) electrons. The number of benzene rings is 1. The summed E-state index contributed by atoms with van der Waals surface area (Å²) in [6.07, 6.45) is 4.09. The number of aromatic nitrogens is 1. The molecule has 22 heavy (non-hydrogen) atoms. The lowest BCUT2D eigenvalue weighted by Crippen LogP contribution is -2.22. The first-order valence-corrected chi connectivity index (χ1v) is 8.49. The maximum atomic E-state index is 12.2. The van der Waals surface area contributed by atoms with Crippen LogP contribution in [0.15, 0.2) is 35.4 Å². The third-order valence-electron chi connectivity index (χ3n) is 3.65. The summed E-state index contributed by atoms with van der Waals surface area (Å²) in [4.78, 5) is 14.4. The standard InChI is InChI=1S/C17H18N2OS2/c1-11(2)9-19-10-12(13-6-4-5-7-14(13)19)8-15-16(20)18(3)17(21)22-15/h4-8,10-11H,9H2,1-3H3/b15-8-. The molecule has 5 heteroatoms. The zero-order chi connectivity index (χ0) is 15.9. The van der Waals surface area contributed by atoms with E-state index in [9.17, 15) is 4.79 Å². The van der Waals surface area contributed by atoms with Crippen molar-refractivity contribution in [1.29, 1.82) is 0 Å². The van der Waals surface area contributed by atoms with Crippen molar-refractivity contribution in [3.05, 3.63) is 40.9 Å². The molecule has 2 aromatic rings. The van der Waals surface area contributed by atoms with Crippen LogP contribution in [0, 0.1) is 5.92 Å². The van der Waals surface area contributed by atoms with Gasteiger partial charge in [0, 0.05) is 36.3 Å². The first-order chi connectivity index (χ1) is 10.5. The van der Waals surface area contributed by atoms with Gasteiger partial charge in [-0.15, -0.1) is 0 Å². The number of rotatable bonds is 3. The Morgan fingerprint density at radius 3 is 2.68 bits per heavy atom. The highest BCUT2D eigenvalue weighted by Gasteiger charge is 2.28. The predicted molar refractivity (Wildman–Crippen MR) is 97.7 cm³/mol. The molecule has 114 valence electrons. The predicted octanol–water partition coefficient (Wildman–Crippen LogP) is 4.13. The number of hydrogen-bond donors (Lipinski definition) is 0. The Kier molecular flexibility index (Phi) is 4.10. The van der Waals surface area contributed by atoms with E-state index in [1.165, 1.54) is 27.6 Å². The van der Waals surface area contributed by atoms with Gasteiger partial charge in [0.25, 0.3) is 5.91 Å². The van der Waals surface area contributed by atoms with E-state index in [-0.39, 0.29) is 5.91 Å².